The number of halogens is 1. The van der Waals surface area contributed by atoms with E-state index in [-0.39, 0.29) is 12.5 Å². The Morgan fingerprint density at radius 3 is 2.84 bits per heavy atom. The molecule has 0 saturated heterocycles. The number of hydrogen-bond acceptors (Lipinski definition) is 3. The smallest absolute Gasteiger partial charge is 0.260 e. The molecule has 0 spiro atoms. The highest BCUT2D eigenvalue weighted by Gasteiger charge is 2.29. The lowest BCUT2D eigenvalue weighted by atomic mass is 10.1. The Morgan fingerprint density at radius 1 is 1.58 bits per heavy atom. The molecule has 0 aliphatic heterocycles. The van der Waals surface area contributed by atoms with E-state index in [1.54, 1.807) is 11.9 Å². The van der Waals surface area contributed by atoms with Gasteiger partial charge in [0.2, 0.25) is 0 Å². The molecule has 19 heavy (non-hydrogen) atoms. The van der Waals surface area contributed by atoms with Crippen molar-refractivity contribution in [1.29, 1.82) is 0 Å². The SMILES string of the molecule is C[C@H](O)c1cc(F)ccc1OCC(=O)N(C)C1CC1. The number of carbonyl (C=O) groups excluding carboxylic acids is 1. The topological polar surface area (TPSA) is 49.8 Å². The molecule has 5 heteroatoms. The van der Waals surface area contributed by atoms with Gasteiger partial charge in [-0.15, -0.1) is 0 Å². The van der Waals surface area contributed by atoms with Gasteiger partial charge in [0.15, 0.2) is 6.61 Å². The van der Waals surface area contributed by atoms with Crippen molar-refractivity contribution < 1.29 is 19.0 Å². The molecule has 2 rings (SSSR count). The van der Waals surface area contributed by atoms with Crippen LogP contribution >= 0.6 is 0 Å². The van der Waals surface area contributed by atoms with E-state index in [0.29, 0.717) is 17.4 Å². The molecule has 104 valence electrons. The van der Waals surface area contributed by atoms with Gasteiger partial charge in [0.1, 0.15) is 11.6 Å². The molecule has 1 aliphatic rings. The van der Waals surface area contributed by atoms with E-state index in [2.05, 4.69) is 0 Å². The van der Waals surface area contributed by atoms with Crippen molar-refractivity contribution in [2.24, 2.45) is 0 Å². The van der Waals surface area contributed by atoms with Crippen LogP contribution in [-0.4, -0.2) is 35.6 Å². The molecule has 1 aliphatic carbocycles. The van der Waals surface area contributed by atoms with E-state index in [4.69, 9.17) is 4.74 Å². The van der Waals surface area contributed by atoms with Crippen LogP contribution in [0.3, 0.4) is 0 Å². The summed E-state index contributed by atoms with van der Waals surface area (Å²) in [6.45, 7) is 1.43. The summed E-state index contributed by atoms with van der Waals surface area (Å²) in [7, 11) is 1.75. The molecule has 0 heterocycles. The maximum absolute atomic E-state index is 13.1. The van der Waals surface area contributed by atoms with Crippen LogP contribution in [0.4, 0.5) is 4.39 Å². The third kappa shape index (κ3) is 3.44. The first-order valence-electron chi connectivity index (χ1n) is 6.35. The van der Waals surface area contributed by atoms with Crippen LogP contribution in [0.15, 0.2) is 18.2 Å². The first-order valence-corrected chi connectivity index (χ1v) is 6.35. The quantitative estimate of drug-likeness (QED) is 0.886. The van der Waals surface area contributed by atoms with Crippen LogP contribution in [0.25, 0.3) is 0 Å². The average molecular weight is 267 g/mol. The Kier molecular flexibility index (Phi) is 4.04. The zero-order chi connectivity index (χ0) is 14.0. The van der Waals surface area contributed by atoms with Gasteiger partial charge in [-0.05, 0) is 38.0 Å². The lowest BCUT2D eigenvalue weighted by molar-refractivity contribution is -0.132. The Bertz CT molecular complexity index is 472. The van der Waals surface area contributed by atoms with Gasteiger partial charge in [-0.2, -0.15) is 0 Å². The lowest BCUT2D eigenvalue weighted by Crippen LogP contribution is -2.33. The second-order valence-electron chi connectivity index (χ2n) is 4.88. The minimum absolute atomic E-state index is 0.0989. The van der Waals surface area contributed by atoms with Gasteiger partial charge in [-0.25, -0.2) is 4.39 Å². The highest BCUT2D eigenvalue weighted by Crippen LogP contribution is 2.27. The molecule has 1 N–H and O–H groups in total. The monoisotopic (exact) mass is 267 g/mol. The normalized spacial score (nSPS) is 16.0. The van der Waals surface area contributed by atoms with Crippen LogP contribution in [0.1, 0.15) is 31.4 Å². The van der Waals surface area contributed by atoms with Crippen LogP contribution in [0, 0.1) is 5.82 Å². The zero-order valence-corrected chi connectivity index (χ0v) is 11.1. The zero-order valence-electron chi connectivity index (χ0n) is 11.1. The number of hydrogen-bond donors (Lipinski definition) is 1. The minimum Gasteiger partial charge on any atom is -0.483 e. The van der Waals surface area contributed by atoms with Gasteiger partial charge in [0.05, 0.1) is 6.10 Å². The fraction of sp³-hybridized carbons (Fsp3) is 0.500. The van der Waals surface area contributed by atoms with E-state index in [0.717, 1.165) is 12.8 Å². The molecule has 0 bridgehead atoms. The van der Waals surface area contributed by atoms with E-state index in [9.17, 15) is 14.3 Å². The third-order valence-electron chi connectivity index (χ3n) is 3.26. The summed E-state index contributed by atoms with van der Waals surface area (Å²) in [6, 6.07) is 4.23. The Labute approximate surface area is 111 Å². The number of rotatable bonds is 5. The van der Waals surface area contributed by atoms with Gasteiger partial charge in [-0.3, -0.25) is 4.79 Å². The summed E-state index contributed by atoms with van der Waals surface area (Å²) >= 11 is 0. The summed E-state index contributed by atoms with van der Waals surface area (Å²) in [5.41, 5.74) is 0.349. The molecule has 4 nitrogen and oxygen atoms in total. The van der Waals surface area contributed by atoms with E-state index >= 15 is 0 Å². The third-order valence-corrected chi connectivity index (χ3v) is 3.26. The molecule has 0 radical (unpaired) electrons. The summed E-state index contributed by atoms with van der Waals surface area (Å²) in [6.07, 6.45) is 1.23. The van der Waals surface area contributed by atoms with Crippen molar-refractivity contribution in [3.8, 4) is 5.75 Å². The fourth-order valence-electron chi connectivity index (χ4n) is 1.88. The number of nitrogens with zero attached hydrogens (tertiary/aromatic N) is 1. The molecule has 0 unspecified atom stereocenters. The number of aliphatic hydroxyl groups excluding tert-OH is 1. The molecule has 1 aromatic carbocycles. The molecule has 1 saturated carbocycles. The molecular weight excluding hydrogens is 249 g/mol. The summed E-state index contributed by atoms with van der Waals surface area (Å²) in [5, 5.41) is 9.56. The predicted molar refractivity (Wildman–Crippen MR) is 68.3 cm³/mol. The van der Waals surface area contributed by atoms with E-state index < -0.39 is 11.9 Å². The van der Waals surface area contributed by atoms with Crippen LogP contribution < -0.4 is 4.74 Å². The second-order valence-corrected chi connectivity index (χ2v) is 4.88. The Balaban J connectivity index is 2.00. The second kappa shape index (κ2) is 5.57. The molecule has 1 fully saturated rings. The average Bonchev–Trinajstić information content (AvgIpc) is 3.20. The number of amides is 1. The van der Waals surface area contributed by atoms with Crippen LogP contribution in [0.5, 0.6) is 5.75 Å². The maximum atomic E-state index is 13.1. The van der Waals surface area contributed by atoms with Crippen molar-refractivity contribution in [2.75, 3.05) is 13.7 Å². The van der Waals surface area contributed by atoms with Gasteiger partial charge >= 0.3 is 0 Å². The number of aliphatic hydroxyl groups is 1. The first-order chi connectivity index (χ1) is 8.99. The minimum atomic E-state index is -0.845. The van der Waals surface area contributed by atoms with Gasteiger partial charge < -0.3 is 14.7 Å². The Hall–Kier alpha value is -1.62. The number of likely N-dealkylation sites (N-methyl/N-ethyl adjacent to an activating group) is 1. The van der Waals surface area contributed by atoms with Gasteiger partial charge in [-0.1, -0.05) is 0 Å². The molecule has 1 amide bonds. The van der Waals surface area contributed by atoms with Gasteiger partial charge in [0, 0.05) is 18.7 Å². The maximum Gasteiger partial charge on any atom is 0.260 e. The van der Waals surface area contributed by atoms with Crippen molar-refractivity contribution in [3.05, 3.63) is 29.6 Å². The standard InChI is InChI=1S/C14H18FNO3/c1-9(17)12-7-10(15)3-6-13(12)19-8-14(18)16(2)11-4-5-11/h3,6-7,9,11,17H,4-5,8H2,1-2H3/t9-/m0/s1. The van der Waals surface area contributed by atoms with E-state index in [1.165, 1.54) is 25.1 Å². The van der Waals surface area contributed by atoms with Crippen molar-refractivity contribution in [3.63, 3.8) is 0 Å². The van der Waals surface area contributed by atoms with Crippen LogP contribution in [0.2, 0.25) is 0 Å². The summed E-state index contributed by atoms with van der Waals surface area (Å²) in [4.78, 5) is 13.5. The van der Waals surface area contributed by atoms with Crippen molar-refractivity contribution in [1.82, 2.24) is 4.90 Å². The fourth-order valence-corrected chi connectivity index (χ4v) is 1.88. The van der Waals surface area contributed by atoms with Crippen LogP contribution in [-0.2, 0) is 4.79 Å². The summed E-state index contributed by atoms with van der Waals surface area (Å²) in [5.74, 6) is -0.206. The molecular formula is C14H18FNO3. The predicted octanol–water partition coefficient (Wildman–Crippen LogP) is 1.88. The Morgan fingerprint density at radius 2 is 2.26 bits per heavy atom. The lowest BCUT2D eigenvalue weighted by Gasteiger charge is -2.18. The molecule has 1 aromatic rings. The highest BCUT2D eigenvalue weighted by atomic mass is 19.1. The summed E-state index contributed by atoms with van der Waals surface area (Å²) < 4.78 is 18.5. The van der Waals surface area contributed by atoms with Crippen molar-refractivity contribution >= 4 is 5.91 Å². The molecule has 1 atom stereocenters. The van der Waals surface area contributed by atoms with Gasteiger partial charge in [0.25, 0.3) is 5.91 Å². The number of carbonyl (C=O) groups is 1. The first kappa shape index (κ1) is 13.8. The van der Waals surface area contributed by atoms with E-state index in [1.807, 2.05) is 0 Å². The highest BCUT2D eigenvalue weighted by molar-refractivity contribution is 5.78. The largest absolute Gasteiger partial charge is 0.483 e. The number of ether oxygens (including phenoxy) is 1. The van der Waals surface area contributed by atoms with Crippen molar-refractivity contribution in [2.45, 2.75) is 31.9 Å². The molecule has 0 aromatic heterocycles. The number of benzene rings is 1.